The molecule has 10 aromatic rings. The molecule has 2 aliphatic rings. The molecule has 0 unspecified atom stereocenters. The molecule has 0 spiro atoms. The summed E-state index contributed by atoms with van der Waals surface area (Å²) in [6.07, 6.45) is 0. The van der Waals surface area contributed by atoms with Crippen molar-refractivity contribution in [2.24, 2.45) is 0 Å². The summed E-state index contributed by atoms with van der Waals surface area (Å²) in [6.45, 7) is 12.0. The third-order valence-corrected chi connectivity index (χ3v) is 17.0. The van der Waals surface area contributed by atoms with Crippen LogP contribution in [0.4, 0.5) is 34.1 Å². The van der Waals surface area contributed by atoms with Crippen LogP contribution in [0.2, 0.25) is 26.2 Å². The Balaban J connectivity index is 1.01. The smallest absolute Gasteiger partial charge is 0.0776 e. The molecule has 0 saturated heterocycles. The van der Waals surface area contributed by atoms with E-state index in [0.29, 0.717) is 0 Å². The van der Waals surface area contributed by atoms with Gasteiger partial charge in [0.2, 0.25) is 0 Å². The summed E-state index contributed by atoms with van der Waals surface area (Å²) < 4.78 is 0. The van der Waals surface area contributed by atoms with Gasteiger partial charge in [-0.15, -0.1) is 0 Å². The minimum absolute atomic E-state index is 0.330. The highest BCUT2D eigenvalue weighted by Crippen LogP contribution is 2.53. The summed E-state index contributed by atoms with van der Waals surface area (Å²) in [5.41, 5.74) is 18.8. The first-order valence-electron chi connectivity index (χ1n) is 22.4. The van der Waals surface area contributed by atoms with E-state index in [1.807, 2.05) is 0 Å². The number of benzene rings is 10. The molecule has 12 rings (SSSR count). The number of aryl methyl sites for hydroxylation is 1. The van der Waals surface area contributed by atoms with E-state index in [4.69, 9.17) is 0 Å². The van der Waals surface area contributed by atoms with Gasteiger partial charge < -0.3 is 9.80 Å². The molecule has 2 aliphatic heterocycles. The average molecular weight is 841 g/mol. The molecule has 0 saturated carbocycles. The first-order chi connectivity index (χ1) is 30.7. The number of hydrogen-bond donors (Lipinski definition) is 0. The maximum atomic E-state index is 2.51. The molecule has 0 fully saturated rings. The van der Waals surface area contributed by atoms with Crippen molar-refractivity contribution in [1.82, 2.24) is 0 Å². The number of anilines is 6. The highest BCUT2D eigenvalue weighted by atomic mass is 28.3. The van der Waals surface area contributed by atoms with E-state index < -0.39 is 8.07 Å². The zero-order chi connectivity index (χ0) is 42.6. The molecule has 0 amide bonds. The topological polar surface area (TPSA) is 6.48 Å². The van der Waals surface area contributed by atoms with Crippen molar-refractivity contribution in [1.29, 1.82) is 0 Å². The number of para-hydroxylation sites is 2. The fraction of sp³-hybridized carbons (Fsp3) is 0.0847. The van der Waals surface area contributed by atoms with E-state index in [2.05, 4.69) is 231 Å². The first kappa shape index (κ1) is 37.7. The van der Waals surface area contributed by atoms with Gasteiger partial charge in [0.25, 0.3) is 0 Å². The molecule has 0 radical (unpaired) electrons. The van der Waals surface area contributed by atoms with Crippen molar-refractivity contribution >= 4 is 94.4 Å². The van der Waals surface area contributed by atoms with Crippen LogP contribution in [0.15, 0.2) is 188 Å². The van der Waals surface area contributed by atoms with Gasteiger partial charge in [-0.25, -0.2) is 0 Å². The second-order valence-electron chi connectivity index (χ2n) is 18.5. The third kappa shape index (κ3) is 5.89. The lowest BCUT2D eigenvalue weighted by Gasteiger charge is -2.29. The lowest BCUT2D eigenvalue weighted by Crippen LogP contribution is -2.37. The highest BCUT2D eigenvalue weighted by molar-refractivity contribution is 6.88. The molecule has 63 heavy (non-hydrogen) atoms. The van der Waals surface area contributed by atoms with Gasteiger partial charge in [-0.1, -0.05) is 176 Å². The molecule has 0 aliphatic carbocycles. The minimum Gasteiger partial charge on any atom is -0.309 e. The van der Waals surface area contributed by atoms with Gasteiger partial charge >= 0.3 is 0 Å². The standard InChI is InChI=1S/C59H48N2Si2/c1-37-32-41(61-56-21-13-11-19-51(56)46-15-7-9-17-48(46)54-36-43(63(3,4)5)26-31-58(54)61)34-39-23-27-49-44-29-24-40(33-38(44)22-28-52(49)59(37)39)60-55-20-12-10-18-50(55)45-14-6-8-16-47(45)53-35-42(62-2)25-30-57(53)60/h6-36H,62H2,1-5H3. The van der Waals surface area contributed by atoms with Crippen LogP contribution in [0.25, 0.3) is 76.8 Å². The molecule has 0 atom stereocenters. The zero-order valence-electron chi connectivity index (χ0n) is 36.5. The van der Waals surface area contributed by atoms with E-state index in [0.717, 1.165) is 0 Å². The van der Waals surface area contributed by atoms with Crippen molar-refractivity contribution in [2.75, 3.05) is 9.80 Å². The second-order valence-corrected chi connectivity index (χ2v) is 25.1. The van der Waals surface area contributed by atoms with E-state index >= 15 is 0 Å². The van der Waals surface area contributed by atoms with E-state index in [1.54, 1.807) is 0 Å². The quantitative estimate of drug-likeness (QED) is 0.129. The summed E-state index contributed by atoms with van der Waals surface area (Å²) in [5, 5.41) is 10.6. The Kier molecular flexibility index (Phi) is 8.56. The van der Waals surface area contributed by atoms with Crippen molar-refractivity contribution < 1.29 is 0 Å². The molecular weight excluding hydrogens is 793 g/mol. The van der Waals surface area contributed by atoms with Gasteiger partial charge in [0.05, 0.1) is 40.3 Å². The molecular formula is C59H48N2Si2. The molecule has 4 heteroatoms. The van der Waals surface area contributed by atoms with Crippen LogP contribution in [0.1, 0.15) is 5.56 Å². The van der Waals surface area contributed by atoms with Gasteiger partial charge in [-0.3, -0.25) is 0 Å². The molecule has 302 valence electrons. The summed E-state index contributed by atoms with van der Waals surface area (Å²) in [7, 11) is -1.91. The molecule has 0 N–H and O–H groups in total. The molecule has 0 aromatic heterocycles. The fourth-order valence-electron chi connectivity index (χ4n) is 10.6. The van der Waals surface area contributed by atoms with Crippen LogP contribution in [0, 0.1) is 6.92 Å². The van der Waals surface area contributed by atoms with Crippen molar-refractivity contribution in [3.05, 3.63) is 194 Å². The third-order valence-electron chi connectivity index (χ3n) is 13.7. The van der Waals surface area contributed by atoms with Crippen LogP contribution < -0.4 is 20.2 Å². The summed E-state index contributed by atoms with van der Waals surface area (Å²) in [4.78, 5) is 5.00. The molecule has 2 heterocycles. The predicted octanol–water partition coefficient (Wildman–Crippen LogP) is 15.1. The highest BCUT2D eigenvalue weighted by Gasteiger charge is 2.29. The minimum atomic E-state index is -1.58. The van der Waals surface area contributed by atoms with Crippen LogP contribution in [0.3, 0.4) is 0 Å². The Morgan fingerprint density at radius 1 is 0.381 bits per heavy atom. The first-order valence-corrected chi connectivity index (χ1v) is 28.0. The molecule has 2 nitrogen and oxygen atoms in total. The van der Waals surface area contributed by atoms with Crippen LogP contribution >= 0.6 is 0 Å². The Morgan fingerprint density at radius 3 is 1.51 bits per heavy atom. The largest absolute Gasteiger partial charge is 0.309 e. The summed E-state index contributed by atoms with van der Waals surface area (Å²) in [6, 6.07) is 71.5. The lowest BCUT2D eigenvalue weighted by molar-refractivity contribution is 1.29. The van der Waals surface area contributed by atoms with Gasteiger partial charge in [-0.05, 0) is 116 Å². The number of rotatable bonds is 4. The predicted molar refractivity (Wildman–Crippen MR) is 279 cm³/mol. The van der Waals surface area contributed by atoms with Crippen molar-refractivity contribution in [3.8, 4) is 44.5 Å². The number of fused-ring (bicyclic) bond motifs is 15. The zero-order valence-corrected chi connectivity index (χ0v) is 38.9. The van der Waals surface area contributed by atoms with E-state index in [-0.39, 0.29) is 9.52 Å². The van der Waals surface area contributed by atoms with Crippen LogP contribution in [-0.4, -0.2) is 17.6 Å². The van der Waals surface area contributed by atoms with Crippen molar-refractivity contribution in [2.45, 2.75) is 33.1 Å². The fourth-order valence-corrected chi connectivity index (χ4v) is 12.5. The average Bonchev–Trinajstić information content (AvgIpc) is 3.52. The van der Waals surface area contributed by atoms with Gasteiger partial charge in [-0.2, -0.15) is 0 Å². The maximum Gasteiger partial charge on any atom is 0.0776 e. The monoisotopic (exact) mass is 840 g/mol. The Labute approximate surface area is 373 Å². The number of hydrogen-bond acceptors (Lipinski definition) is 2. The van der Waals surface area contributed by atoms with Crippen LogP contribution in [0.5, 0.6) is 0 Å². The van der Waals surface area contributed by atoms with Crippen LogP contribution in [-0.2, 0) is 0 Å². The normalized spacial score (nSPS) is 13.0. The molecule has 10 aromatic carbocycles. The Hall–Kier alpha value is -6.99. The lowest BCUT2D eigenvalue weighted by atomic mass is 9.93. The SMILES string of the molecule is C[SiH2]c1ccc2c(c1)-c1ccccc1-c1ccccc1N2c1ccc2c(ccc3c2ccc2cc(N4c5ccccc5-c5ccccc5-c5cc([Si](C)(C)C)ccc54)cc(C)c23)c1. The van der Waals surface area contributed by atoms with Gasteiger partial charge in [0, 0.05) is 33.6 Å². The van der Waals surface area contributed by atoms with Gasteiger partial charge in [0.1, 0.15) is 0 Å². The summed E-state index contributed by atoms with van der Waals surface area (Å²) >= 11 is 0. The van der Waals surface area contributed by atoms with Gasteiger partial charge in [0.15, 0.2) is 0 Å². The van der Waals surface area contributed by atoms with E-state index in [9.17, 15) is 0 Å². The summed E-state index contributed by atoms with van der Waals surface area (Å²) in [5.74, 6) is 0. The Bertz CT molecular complexity index is 3520. The van der Waals surface area contributed by atoms with E-state index in [1.165, 1.54) is 127 Å². The number of nitrogens with zero attached hydrogens (tertiary/aromatic N) is 2. The van der Waals surface area contributed by atoms with Crippen molar-refractivity contribution in [3.63, 3.8) is 0 Å². The maximum absolute atomic E-state index is 2.51. The molecule has 0 bridgehead atoms. The second kappa shape index (κ2) is 14.3. The Morgan fingerprint density at radius 2 is 0.873 bits per heavy atom.